The van der Waals surface area contributed by atoms with Crippen molar-refractivity contribution in [1.29, 1.82) is 0 Å². The van der Waals surface area contributed by atoms with E-state index in [4.69, 9.17) is 5.84 Å². The van der Waals surface area contributed by atoms with Crippen molar-refractivity contribution < 1.29 is 8.42 Å². The number of nitrogen functional groups attached to an aromatic ring is 1. The highest BCUT2D eigenvalue weighted by Gasteiger charge is 2.17. The second kappa shape index (κ2) is 5.78. The SMILES string of the molecule is NNc1ccccc1S(=O)(=O)NCCc1ncn[nH]1. The fraction of sp³-hybridized carbons (Fsp3) is 0.200. The van der Waals surface area contributed by atoms with Crippen molar-refractivity contribution in [3.05, 3.63) is 36.4 Å². The molecule has 2 rings (SSSR count). The second-order valence-electron chi connectivity index (χ2n) is 3.72. The summed E-state index contributed by atoms with van der Waals surface area (Å²) in [6.07, 6.45) is 1.80. The van der Waals surface area contributed by atoms with Crippen molar-refractivity contribution in [3.63, 3.8) is 0 Å². The molecule has 0 aliphatic rings. The van der Waals surface area contributed by atoms with Crippen molar-refractivity contribution in [2.24, 2.45) is 5.84 Å². The highest BCUT2D eigenvalue weighted by Crippen LogP contribution is 2.19. The molecule has 0 saturated carbocycles. The highest BCUT2D eigenvalue weighted by molar-refractivity contribution is 7.89. The number of benzene rings is 1. The molecule has 0 aliphatic heterocycles. The van der Waals surface area contributed by atoms with Crippen LogP contribution in [0.3, 0.4) is 0 Å². The number of aromatic nitrogens is 3. The molecule has 9 heteroatoms. The first-order valence-electron chi connectivity index (χ1n) is 5.53. The number of H-pyrrole nitrogens is 1. The molecular formula is C10H14N6O2S. The van der Waals surface area contributed by atoms with Gasteiger partial charge in [0.1, 0.15) is 17.0 Å². The summed E-state index contributed by atoms with van der Waals surface area (Å²) >= 11 is 0. The standard InChI is InChI=1S/C10H14N6O2S/c11-15-8-3-1-2-4-9(8)19(17,18)14-6-5-10-12-7-13-16-10/h1-4,7,14-15H,5-6,11H2,(H,12,13,16). The molecule has 0 aliphatic carbocycles. The van der Waals surface area contributed by atoms with E-state index >= 15 is 0 Å². The smallest absolute Gasteiger partial charge is 0.242 e. The molecule has 0 saturated heterocycles. The van der Waals surface area contributed by atoms with Gasteiger partial charge in [-0.15, -0.1) is 0 Å². The van der Waals surface area contributed by atoms with Gasteiger partial charge in [-0.05, 0) is 12.1 Å². The third-order valence-electron chi connectivity index (χ3n) is 2.45. The van der Waals surface area contributed by atoms with Gasteiger partial charge in [-0.2, -0.15) is 5.10 Å². The first-order valence-corrected chi connectivity index (χ1v) is 7.01. The van der Waals surface area contributed by atoms with Crippen LogP contribution < -0.4 is 16.0 Å². The molecule has 8 nitrogen and oxygen atoms in total. The lowest BCUT2D eigenvalue weighted by atomic mass is 10.3. The van der Waals surface area contributed by atoms with Crippen LogP contribution in [-0.4, -0.2) is 30.1 Å². The van der Waals surface area contributed by atoms with Crippen molar-refractivity contribution >= 4 is 15.7 Å². The average Bonchev–Trinajstić information content (AvgIpc) is 2.91. The third-order valence-corrected chi connectivity index (χ3v) is 3.97. The van der Waals surface area contributed by atoms with Gasteiger partial charge in [0, 0.05) is 13.0 Å². The summed E-state index contributed by atoms with van der Waals surface area (Å²) in [5.74, 6) is 5.91. The number of hydrogen-bond donors (Lipinski definition) is 4. The maximum atomic E-state index is 12.1. The zero-order chi connectivity index (χ0) is 13.7. The molecular weight excluding hydrogens is 268 g/mol. The predicted molar refractivity (Wildman–Crippen MR) is 69.5 cm³/mol. The molecule has 0 atom stereocenters. The summed E-state index contributed by atoms with van der Waals surface area (Å²) in [6, 6.07) is 6.39. The summed E-state index contributed by atoms with van der Waals surface area (Å²) in [4.78, 5) is 4.01. The summed E-state index contributed by atoms with van der Waals surface area (Å²) in [5, 5.41) is 6.34. The van der Waals surface area contributed by atoms with Crippen LogP contribution in [0.25, 0.3) is 0 Å². The number of rotatable bonds is 6. The van der Waals surface area contributed by atoms with Crippen molar-refractivity contribution in [3.8, 4) is 0 Å². The summed E-state index contributed by atoms with van der Waals surface area (Å²) in [5.41, 5.74) is 2.70. The number of nitrogens with one attached hydrogen (secondary N) is 3. The van der Waals surface area contributed by atoms with Crippen LogP contribution in [0.4, 0.5) is 5.69 Å². The Labute approximate surface area is 110 Å². The van der Waals surface area contributed by atoms with Gasteiger partial charge in [0.15, 0.2) is 0 Å². The minimum absolute atomic E-state index is 0.107. The lowest BCUT2D eigenvalue weighted by Gasteiger charge is -2.10. The zero-order valence-corrected chi connectivity index (χ0v) is 10.8. The van der Waals surface area contributed by atoms with Crippen LogP contribution in [0, 0.1) is 0 Å². The van der Waals surface area contributed by atoms with Gasteiger partial charge in [-0.25, -0.2) is 18.1 Å². The summed E-state index contributed by atoms with van der Waals surface area (Å²) < 4.78 is 26.7. The molecule has 5 N–H and O–H groups in total. The third kappa shape index (κ3) is 3.28. The van der Waals surface area contributed by atoms with Crippen molar-refractivity contribution in [2.75, 3.05) is 12.0 Å². The summed E-state index contributed by atoms with van der Waals surface area (Å²) in [6.45, 7) is 0.219. The van der Waals surface area contributed by atoms with Gasteiger partial charge in [0.25, 0.3) is 0 Å². The van der Waals surface area contributed by atoms with E-state index in [9.17, 15) is 8.42 Å². The van der Waals surface area contributed by atoms with E-state index in [1.54, 1.807) is 18.2 Å². The molecule has 0 spiro atoms. The lowest BCUT2D eigenvalue weighted by molar-refractivity contribution is 0.581. The first kappa shape index (κ1) is 13.5. The fourth-order valence-corrected chi connectivity index (χ4v) is 2.75. The lowest BCUT2D eigenvalue weighted by Crippen LogP contribution is -2.27. The quantitative estimate of drug-likeness (QED) is 0.422. The van der Waals surface area contributed by atoms with E-state index in [0.29, 0.717) is 17.9 Å². The minimum Gasteiger partial charge on any atom is -0.323 e. The highest BCUT2D eigenvalue weighted by atomic mass is 32.2. The number of hydrazine groups is 1. The molecule has 1 aromatic heterocycles. The van der Waals surface area contributed by atoms with Gasteiger partial charge in [-0.3, -0.25) is 10.9 Å². The Morgan fingerprint density at radius 1 is 1.32 bits per heavy atom. The van der Waals surface area contributed by atoms with Crippen LogP contribution in [0.2, 0.25) is 0 Å². The van der Waals surface area contributed by atoms with Gasteiger partial charge in [-0.1, -0.05) is 12.1 Å². The molecule has 0 bridgehead atoms. The second-order valence-corrected chi connectivity index (χ2v) is 5.46. The van der Waals surface area contributed by atoms with E-state index < -0.39 is 10.0 Å². The van der Waals surface area contributed by atoms with E-state index in [1.807, 2.05) is 0 Å². The largest absolute Gasteiger partial charge is 0.323 e. The van der Waals surface area contributed by atoms with Gasteiger partial charge >= 0.3 is 0 Å². The predicted octanol–water partition coefficient (Wildman–Crippen LogP) is -0.389. The maximum Gasteiger partial charge on any atom is 0.242 e. The molecule has 0 radical (unpaired) electrons. The van der Waals surface area contributed by atoms with E-state index in [1.165, 1.54) is 12.4 Å². The summed E-state index contributed by atoms with van der Waals surface area (Å²) in [7, 11) is -3.61. The van der Waals surface area contributed by atoms with Crippen molar-refractivity contribution in [2.45, 2.75) is 11.3 Å². The van der Waals surface area contributed by atoms with E-state index in [2.05, 4.69) is 25.3 Å². The molecule has 0 unspecified atom stereocenters. The van der Waals surface area contributed by atoms with Gasteiger partial charge in [0.2, 0.25) is 10.0 Å². The Morgan fingerprint density at radius 2 is 2.11 bits per heavy atom. The average molecular weight is 282 g/mol. The van der Waals surface area contributed by atoms with Crippen LogP contribution >= 0.6 is 0 Å². The minimum atomic E-state index is -3.61. The maximum absolute atomic E-state index is 12.1. The Kier molecular flexibility index (Phi) is 4.10. The van der Waals surface area contributed by atoms with Gasteiger partial charge in [0.05, 0.1) is 5.69 Å². The molecule has 19 heavy (non-hydrogen) atoms. The Balaban J connectivity index is 2.05. The van der Waals surface area contributed by atoms with Crippen LogP contribution in [0.1, 0.15) is 5.82 Å². The molecule has 0 fully saturated rings. The van der Waals surface area contributed by atoms with E-state index in [0.717, 1.165) is 0 Å². The Morgan fingerprint density at radius 3 is 2.79 bits per heavy atom. The Hall–Kier alpha value is -1.97. The topological polar surface area (TPSA) is 126 Å². The zero-order valence-electron chi connectivity index (χ0n) is 10.00. The number of para-hydroxylation sites is 1. The fourth-order valence-electron chi connectivity index (χ4n) is 1.55. The number of nitrogens with two attached hydrogens (primary N) is 1. The normalized spacial score (nSPS) is 11.4. The molecule has 2 aromatic rings. The number of nitrogens with zero attached hydrogens (tertiary/aromatic N) is 2. The van der Waals surface area contributed by atoms with Gasteiger partial charge < -0.3 is 5.43 Å². The van der Waals surface area contributed by atoms with Crippen LogP contribution in [-0.2, 0) is 16.4 Å². The van der Waals surface area contributed by atoms with Crippen molar-refractivity contribution in [1.82, 2.24) is 19.9 Å². The Bertz CT molecular complexity index is 625. The monoisotopic (exact) mass is 282 g/mol. The number of hydrogen-bond acceptors (Lipinski definition) is 6. The number of aromatic amines is 1. The van der Waals surface area contributed by atoms with E-state index in [-0.39, 0.29) is 11.4 Å². The number of anilines is 1. The molecule has 1 aromatic carbocycles. The van der Waals surface area contributed by atoms with Crippen LogP contribution in [0.15, 0.2) is 35.5 Å². The van der Waals surface area contributed by atoms with Crippen LogP contribution in [0.5, 0.6) is 0 Å². The number of sulfonamides is 1. The first-order chi connectivity index (χ1) is 9.13. The molecule has 0 amide bonds. The molecule has 1 heterocycles. The molecule has 102 valence electrons.